The average molecular weight is 319 g/mol. The molecular weight excluding hydrogens is 303 g/mol. The molecule has 2 rings (SSSR count). The fourth-order valence-electron chi connectivity index (χ4n) is 1.89. The molecule has 0 fully saturated rings. The van der Waals surface area contributed by atoms with E-state index in [1.54, 1.807) is 6.21 Å². The number of alkyl halides is 1. The normalized spacial score (nSPS) is 13.6. The topological polar surface area (TPSA) is 24.7 Å². The van der Waals surface area contributed by atoms with E-state index in [0.717, 1.165) is 12.0 Å². The van der Waals surface area contributed by atoms with Crippen LogP contribution in [0.3, 0.4) is 0 Å². The van der Waals surface area contributed by atoms with Crippen LogP contribution in [0.15, 0.2) is 64.8 Å². The van der Waals surface area contributed by atoms with Crippen molar-refractivity contribution in [3.63, 3.8) is 0 Å². The largest absolute Gasteiger partial charge is 0.160 e. The van der Waals surface area contributed by atoms with Crippen LogP contribution in [0.5, 0.6) is 0 Å². The lowest BCUT2D eigenvalue weighted by Crippen LogP contribution is -2.05. The lowest BCUT2D eigenvalue weighted by atomic mass is 10.0. The van der Waals surface area contributed by atoms with Crippen molar-refractivity contribution in [1.29, 1.82) is 0 Å². The monoisotopic (exact) mass is 318 g/mol. The molecule has 0 spiro atoms. The molecule has 0 bridgehead atoms. The minimum absolute atomic E-state index is 0.213. The molecule has 1 atom stereocenters. The van der Waals surface area contributed by atoms with E-state index >= 15 is 0 Å². The van der Waals surface area contributed by atoms with Crippen LogP contribution < -0.4 is 0 Å². The van der Waals surface area contributed by atoms with E-state index in [0.29, 0.717) is 5.17 Å². The van der Waals surface area contributed by atoms with Gasteiger partial charge < -0.3 is 0 Å². The Hall–Kier alpha value is -1.64. The molecule has 0 heterocycles. The summed E-state index contributed by atoms with van der Waals surface area (Å²) in [5, 5.41) is 8.08. The van der Waals surface area contributed by atoms with Crippen molar-refractivity contribution in [2.45, 2.75) is 18.7 Å². The summed E-state index contributed by atoms with van der Waals surface area (Å²) in [4.78, 5) is 0. The maximum atomic E-state index is 6.26. The molecule has 2 nitrogen and oxygen atoms in total. The van der Waals surface area contributed by atoms with E-state index in [-0.39, 0.29) is 5.38 Å². The van der Waals surface area contributed by atoms with Crippen LogP contribution in [0.25, 0.3) is 0 Å². The number of aryl methyl sites for hydroxylation is 1. The molecule has 0 aliphatic heterocycles. The lowest BCUT2D eigenvalue weighted by molar-refractivity contribution is 1.03. The first-order chi connectivity index (χ1) is 10.2. The molecular formula is C17H16Cl2N2. The third-order valence-corrected chi connectivity index (χ3v) is 3.62. The molecule has 0 aliphatic carbocycles. The highest BCUT2D eigenvalue weighted by Gasteiger charge is 2.05. The van der Waals surface area contributed by atoms with Crippen LogP contribution in [0, 0.1) is 6.92 Å². The average Bonchev–Trinajstić information content (AvgIpc) is 2.50. The van der Waals surface area contributed by atoms with Crippen LogP contribution in [0.2, 0.25) is 0 Å². The summed E-state index contributed by atoms with van der Waals surface area (Å²) in [6.45, 7) is 2.07. The van der Waals surface area contributed by atoms with Gasteiger partial charge in [-0.3, -0.25) is 0 Å². The minimum Gasteiger partial charge on any atom is -0.160 e. The van der Waals surface area contributed by atoms with Gasteiger partial charge in [0.25, 0.3) is 0 Å². The van der Waals surface area contributed by atoms with Gasteiger partial charge in [-0.15, -0.1) is 16.7 Å². The molecule has 2 aromatic carbocycles. The Morgan fingerprint density at radius 3 is 2.48 bits per heavy atom. The molecule has 0 radical (unpaired) electrons. The molecule has 0 aliphatic rings. The molecule has 0 saturated carbocycles. The fourth-order valence-corrected chi connectivity index (χ4v) is 2.28. The number of nitrogens with zero attached hydrogens (tertiary/aromatic N) is 2. The van der Waals surface area contributed by atoms with Crippen LogP contribution >= 0.6 is 23.2 Å². The van der Waals surface area contributed by atoms with Crippen molar-refractivity contribution >= 4 is 34.6 Å². The molecule has 21 heavy (non-hydrogen) atoms. The zero-order chi connectivity index (χ0) is 15.1. The number of rotatable bonds is 5. The maximum Gasteiger partial charge on any atom is 0.158 e. The van der Waals surface area contributed by atoms with Gasteiger partial charge in [-0.25, -0.2) is 0 Å². The Labute approximate surface area is 135 Å². The van der Waals surface area contributed by atoms with Crippen LogP contribution in [0.1, 0.15) is 16.7 Å². The Bertz CT molecular complexity index is 636. The van der Waals surface area contributed by atoms with Crippen molar-refractivity contribution in [2.24, 2.45) is 10.2 Å². The first-order valence-corrected chi connectivity index (χ1v) is 7.49. The van der Waals surface area contributed by atoms with Gasteiger partial charge in [0.2, 0.25) is 0 Å². The second-order valence-electron chi connectivity index (χ2n) is 4.67. The molecule has 0 N–H and O–H groups in total. The van der Waals surface area contributed by atoms with Gasteiger partial charge in [0.15, 0.2) is 5.17 Å². The van der Waals surface area contributed by atoms with E-state index < -0.39 is 0 Å². The van der Waals surface area contributed by atoms with Crippen LogP contribution in [-0.4, -0.2) is 16.8 Å². The smallest absolute Gasteiger partial charge is 0.158 e. The summed E-state index contributed by atoms with van der Waals surface area (Å²) in [5.74, 6) is 0. The quantitative estimate of drug-likeness (QED) is 0.429. The summed E-state index contributed by atoms with van der Waals surface area (Å²) in [6.07, 6.45) is 2.33. The number of hydrogen-bond donors (Lipinski definition) is 0. The summed E-state index contributed by atoms with van der Waals surface area (Å²) in [7, 11) is 0. The number of benzene rings is 2. The third kappa shape index (κ3) is 5.00. The zero-order valence-corrected chi connectivity index (χ0v) is 13.2. The zero-order valence-electron chi connectivity index (χ0n) is 11.7. The molecule has 0 aromatic heterocycles. The van der Waals surface area contributed by atoms with Crippen LogP contribution in [0.4, 0.5) is 0 Å². The second kappa shape index (κ2) is 7.96. The predicted molar refractivity (Wildman–Crippen MR) is 91.8 cm³/mol. The number of halogens is 2. The Morgan fingerprint density at radius 1 is 1.10 bits per heavy atom. The van der Waals surface area contributed by atoms with Crippen molar-refractivity contribution in [1.82, 2.24) is 0 Å². The summed E-state index contributed by atoms with van der Waals surface area (Å²) in [5.41, 5.74) is 3.27. The Morgan fingerprint density at radius 2 is 1.76 bits per heavy atom. The first-order valence-electron chi connectivity index (χ1n) is 6.67. The van der Waals surface area contributed by atoms with Gasteiger partial charge in [0.05, 0.1) is 5.38 Å². The van der Waals surface area contributed by atoms with Crippen molar-refractivity contribution in [3.8, 4) is 0 Å². The summed E-state index contributed by atoms with van der Waals surface area (Å²) >= 11 is 12.3. The third-order valence-electron chi connectivity index (χ3n) is 3.06. The van der Waals surface area contributed by atoms with Crippen molar-refractivity contribution < 1.29 is 0 Å². The highest BCUT2D eigenvalue weighted by molar-refractivity contribution is 6.69. The Balaban J connectivity index is 1.96. The number of hydrogen-bond acceptors (Lipinski definition) is 2. The SMILES string of the molecule is Cc1ccccc1CC(Cl)C=NN=C(Cl)c1ccccc1. The van der Waals surface area contributed by atoms with E-state index in [1.165, 1.54) is 11.1 Å². The second-order valence-corrected chi connectivity index (χ2v) is 5.59. The fraction of sp³-hybridized carbons (Fsp3) is 0.176. The minimum atomic E-state index is -0.213. The van der Waals surface area contributed by atoms with Gasteiger partial charge in [-0.1, -0.05) is 66.2 Å². The highest BCUT2D eigenvalue weighted by Crippen LogP contribution is 2.12. The van der Waals surface area contributed by atoms with Crippen LogP contribution in [-0.2, 0) is 6.42 Å². The summed E-state index contributed by atoms with van der Waals surface area (Å²) < 4.78 is 0. The molecule has 0 amide bonds. The summed E-state index contributed by atoms with van der Waals surface area (Å²) in [6, 6.07) is 17.7. The van der Waals surface area contributed by atoms with Gasteiger partial charge in [0.1, 0.15) is 0 Å². The lowest BCUT2D eigenvalue weighted by Gasteiger charge is -2.06. The molecule has 108 valence electrons. The van der Waals surface area contributed by atoms with Crippen molar-refractivity contribution in [2.75, 3.05) is 0 Å². The van der Waals surface area contributed by atoms with E-state index in [9.17, 15) is 0 Å². The van der Waals surface area contributed by atoms with E-state index in [4.69, 9.17) is 23.2 Å². The van der Waals surface area contributed by atoms with E-state index in [2.05, 4.69) is 29.3 Å². The standard InChI is InChI=1S/C17H16Cl2N2/c1-13-7-5-6-10-15(13)11-16(18)12-20-21-17(19)14-8-3-2-4-9-14/h2-10,12,16H,11H2,1H3. The maximum absolute atomic E-state index is 6.26. The van der Waals surface area contributed by atoms with Crippen molar-refractivity contribution in [3.05, 3.63) is 71.3 Å². The highest BCUT2D eigenvalue weighted by atomic mass is 35.5. The molecule has 0 saturated heterocycles. The van der Waals surface area contributed by atoms with E-state index in [1.807, 2.05) is 42.5 Å². The van der Waals surface area contributed by atoms with Gasteiger partial charge in [0, 0.05) is 11.8 Å². The van der Waals surface area contributed by atoms with Gasteiger partial charge in [-0.05, 0) is 24.5 Å². The van der Waals surface area contributed by atoms with Gasteiger partial charge in [-0.2, -0.15) is 5.10 Å². The molecule has 1 unspecified atom stereocenters. The molecule has 4 heteroatoms. The predicted octanol–water partition coefficient (Wildman–Crippen LogP) is 4.82. The first kappa shape index (κ1) is 15.7. The Kier molecular flexibility index (Phi) is 5.97. The molecule has 2 aromatic rings. The van der Waals surface area contributed by atoms with Gasteiger partial charge >= 0.3 is 0 Å².